The third-order valence-electron chi connectivity index (χ3n) is 1.83. The van der Waals surface area contributed by atoms with Gasteiger partial charge in [-0.1, -0.05) is 18.3 Å². The molecule has 0 spiro atoms. The highest BCUT2D eigenvalue weighted by molar-refractivity contribution is 7.80. The molecule has 88 valence electrons. The molecule has 0 radical (unpaired) electrons. The van der Waals surface area contributed by atoms with Gasteiger partial charge in [-0.2, -0.15) is 5.26 Å². The Bertz CT molecular complexity index is 442. The molecule has 0 aliphatic heterocycles. The van der Waals surface area contributed by atoms with E-state index >= 15 is 0 Å². The van der Waals surface area contributed by atoms with Crippen molar-refractivity contribution in [3.05, 3.63) is 24.4 Å². The lowest BCUT2D eigenvalue weighted by Crippen LogP contribution is -2.28. The van der Waals surface area contributed by atoms with Crippen LogP contribution in [0.5, 0.6) is 0 Å². The molecule has 0 aliphatic rings. The zero-order valence-electron chi connectivity index (χ0n) is 9.21. The zero-order chi connectivity index (χ0) is 12.7. The third-order valence-corrected chi connectivity index (χ3v) is 2.17. The Kier molecular flexibility index (Phi) is 5.04. The van der Waals surface area contributed by atoms with Gasteiger partial charge in [-0.05, 0) is 19.1 Å². The van der Waals surface area contributed by atoms with Crippen LogP contribution >= 0.6 is 12.2 Å². The van der Waals surface area contributed by atoms with Gasteiger partial charge in [0, 0.05) is 6.20 Å². The molecule has 1 unspecified atom stereocenters. The summed E-state index contributed by atoms with van der Waals surface area (Å²) in [6.45, 7) is 1.88. The van der Waals surface area contributed by atoms with Crippen LogP contribution in [0, 0.1) is 17.2 Å². The van der Waals surface area contributed by atoms with Gasteiger partial charge >= 0.3 is 5.97 Å². The summed E-state index contributed by atoms with van der Waals surface area (Å²) in [6, 6.07) is 7.01. The van der Waals surface area contributed by atoms with E-state index in [1.165, 1.54) is 0 Å². The van der Waals surface area contributed by atoms with Crippen molar-refractivity contribution in [2.45, 2.75) is 6.92 Å². The van der Waals surface area contributed by atoms with Crippen LogP contribution in [0.4, 0.5) is 5.82 Å². The fourth-order valence-electron chi connectivity index (χ4n) is 1.08. The molecule has 6 heteroatoms. The Balaban J connectivity index is 2.69. The van der Waals surface area contributed by atoms with Crippen molar-refractivity contribution in [3.8, 4) is 6.07 Å². The molecule has 1 rings (SSSR count). The molecule has 0 saturated carbocycles. The number of pyridine rings is 1. The number of aromatic nitrogens is 1. The lowest BCUT2D eigenvalue weighted by molar-refractivity contribution is -0.143. The molecule has 1 heterocycles. The first-order valence-corrected chi connectivity index (χ1v) is 5.38. The smallest absolute Gasteiger partial charge is 0.330 e. The maximum atomic E-state index is 11.4. The Labute approximate surface area is 104 Å². The van der Waals surface area contributed by atoms with Crippen molar-refractivity contribution in [3.63, 3.8) is 0 Å². The third kappa shape index (κ3) is 3.81. The van der Waals surface area contributed by atoms with Crippen LogP contribution in [0.3, 0.4) is 0 Å². The lowest BCUT2D eigenvalue weighted by Gasteiger charge is -2.11. The van der Waals surface area contributed by atoms with Gasteiger partial charge in [0.25, 0.3) is 0 Å². The zero-order valence-corrected chi connectivity index (χ0v) is 10.0. The van der Waals surface area contributed by atoms with Crippen LogP contribution < -0.4 is 5.32 Å². The number of anilines is 1. The minimum atomic E-state index is -1.10. The van der Waals surface area contributed by atoms with Gasteiger partial charge in [-0.25, -0.2) is 4.98 Å². The average molecular weight is 249 g/mol. The predicted molar refractivity (Wildman–Crippen MR) is 66.2 cm³/mol. The molecule has 0 fully saturated rings. The van der Waals surface area contributed by atoms with E-state index in [-0.39, 0.29) is 11.6 Å². The lowest BCUT2D eigenvalue weighted by atomic mass is 10.2. The molecule has 1 aromatic heterocycles. The van der Waals surface area contributed by atoms with Crippen LogP contribution in [0.15, 0.2) is 24.4 Å². The molecule has 1 N–H and O–H groups in total. The second kappa shape index (κ2) is 6.55. The molecule has 5 nitrogen and oxygen atoms in total. The second-order valence-corrected chi connectivity index (χ2v) is 3.46. The number of thiocarbonyl (C=S) groups is 1. The molecule has 0 amide bonds. The largest absolute Gasteiger partial charge is 0.465 e. The van der Waals surface area contributed by atoms with E-state index in [1.807, 2.05) is 0 Å². The first-order valence-electron chi connectivity index (χ1n) is 4.97. The van der Waals surface area contributed by atoms with Crippen molar-refractivity contribution >= 4 is 29.0 Å². The summed E-state index contributed by atoms with van der Waals surface area (Å²) in [5, 5.41) is 11.6. The molecule has 0 aliphatic carbocycles. The van der Waals surface area contributed by atoms with Gasteiger partial charge < -0.3 is 10.1 Å². The molecule has 17 heavy (non-hydrogen) atoms. The summed E-state index contributed by atoms with van der Waals surface area (Å²) in [6.07, 6.45) is 1.58. The molecular formula is C11H11N3O2S. The number of nitrogens with zero attached hydrogens (tertiary/aromatic N) is 2. The predicted octanol–water partition coefficient (Wildman–Crippen LogP) is 1.52. The molecule has 1 aromatic rings. The number of esters is 1. The fraction of sp³-hybridized carbons (Fsp3) is 0.273. The summed E-state index contributed by atoms with van der Waals surface area (Å²) in [4.78, 5) is 15.5. The van der Waals surface area contributed by atoms with Gasteiger partial charge in [0.2, 0.25) is 0 Å². The number of ether oxygens (including phenoxy) is 1. The van der Waals surface area contributed by atoms with E-state index < -0.39 is 11.9 Å². The number of rotatable bonds is 4. The number of hydrogen-bond donors (Lipinski definition) is 1. The molecule has 1 atom stereocenters. The Hall–Kier alpha value is -2.00. The highest BCUT2D eigenvalue weighted by atomic mass is 32.1. The van der Waals surface area contributed by atoms with Crippen LogP contribution in [0.25, 0.3) is 0 Å². The van der Waals surface area contributed by atoms with Crippen molar-refractivity contribution in [2.24, 2.45) is 5.92 Å². The van der Waals surface area contributed by atoms with E-state index in [9.17, 15) is 4.79 Å². The summed E-state index contributed by atoms with van der Waals surface area (Å²) >= 11 is 4.97. The van der Waals surface area contributed by atoms with E-state index in [0.29, 0.717) is 5.82 Å². The summed E-state index contributed by atoms with van der Waals surface area (Å²) in [7, 11) is 0. The normalized spacial score (nSPS) is 11.1. The van der Waals surface area contributed by atoms with Crippen LogP contribution in [-0.4, -0.2) is 22.5 Å². The monoisotopic (exact) mass is 249 g/mol. The van der Waals surface area contributed by atoms with Gasteiger partial charge in [-0.15, -0.1) is 0 Å². The van der Waals surface area contributed by atoms with Crippen molar-refractivity contribution < 1.29 is 9.53 Å². The standard InChI is InChI=1S/C11H11N3O2S/c1-2-16-11(15)8(7-12)10(17)14-9-5-3-4-6-13-9/h3-6,8H,2H2,1H3,(H,13,14,17). The highest BCUT2D eigenvalue weighted by Crippen LogP contribution is 2.07. The van der Waals surface area contributed by atoms with Crippen molar-refractivity contribution in [1.29, 1.82) is 5.26 Å². The maximum absolute atomic E-state index is 11.4. The van der Waals surface area contributed by atoms with Crippen molar-refractivity contribution in [2.75, 3.05) is 11.9 Å². The van der Waals surface area contributed by atoms with E-state index in [2.05, 4.69) is 10.3 Å². The summed E-state index contributed by atoms with van der Waals surface area (Å²) in [5.41, 5.74) is 0. The van der Waals surface area contributed by atoms with Crippen LogP contribution in [0.2, 0.25) is 0 Å². The molecule has 0 bridgehead atoms. The van der Waals surface area contributed by atoms with Crippen LogP contribution in [-0.2, 0) is 9.53 Å². The molecule has 0 saturated heterocycles. The Morgan fingerprint density at radius 3 is 3.00 bits per heavy atom. The SMILES string of the molecule is CCOC(=O)C(C#N)C(=S)Nc1ccccn1. The molecular weight excluding hydrogens is 238 g/mol. The van der Waals surface area contributed by atoms with E-state index in [0.717, 1.165) is 0 Å². The molecule has 0 aromatic carbocycles. The number of nitrogens with one attached hydrogen (secondary N) is 1. The van der Waals surface area contributed by atoms with Crippen molar-refractivity contribution in [1.82, 2.24) is 4.98 Å². The number of carbonyl (C=O) groups excluding carboxylic acids is 1. The fourth-order valence-corrected chi connectivity index (χ4v) is 1.33. The van der Waals surface area contributed by atoms with Gasteiger partial charge in [0.05, 0.1) is 12.7 Å². The Morgan fingerprint density at radius 1 is 1.71 bits per heavy atom. The summed E-state index contributed by atoms with van der Waals surface area (Å²) < 4.78 is 4.74. The number of hydrogen-bond acceptors (Lipinski definition) is 5. The van der Waals surface area contributed by atoms with E-state index in [4.69, 9.17) is 22.2 Å². The topological polar surface area (TPSA) is 75.0 Å². The Morgan fingerprint density at radius 2 is 2.47 bits per heavy atom. The van der Waals surface area contributed by atoms with Crippen LogP contribution in [0.1, 0.15) is 6.92 Å². The maximum Gasteiger partial charge on any atom is 0.330 e. The first-order chi connectivity index (χ1) is 8.19. The van der Waals surface area contributed by atoms with E-state index in [1.54, 1.807) is 37.4 Å². The van der Waals surface area contributed by atoms with Gasteiger partial charge in [-0.3, -0.25) is 4.79 Å². The first kappa shape index (κ1) is 13.1. The highest BCUT2D eigenvalue weighted by Gasteiger charge is 2.24. The quantitative estimate of drug-likeness (QED) is 0.644. The number of carbonyl (C=O) groups is 1. The summed E-state index contributed by atoms with van der Waals surface area (Å²) in [5.74, 6) is -1.27. The van der Waals surface area contributed by atoms with Gasteiger partial charge in [0.1, 0.15) is 10.8 Å². The minimum Gasteiger partial charge on any atom is -0.465 e. The second-order valence-electron chi connectivity index (χ2n) is 3.02. The van der Waals surface area contributed by atoms with Gasteiger partial charge in [0.15, 0.2) is 5.92 Å². The number of nitriles is 1. The average Bonchev–Trinajstić information content (AvgIpc) is 2.31. The minimum absolute atomic E-state index is 0.0876.